The van der Waals surface area contributed by atoms with Crippen molar-refractivity contribution in [1.82, 2.24) is 9.13 Å². The largest absolute Gasteiger partial charge is 0.417 e. The molecule has 0 N–H and O–H groups in total. The van der Waals surface area contributed by atoms with E-state index >= 15 is 26.3 Å². The van der Waals surface area contributed by atoms with Crippen LogP contribution >= 0.6 is 0 Å². The molecule has 0 unspecified atom stereocenters. The van der Waals surface area contributed by atoms with Crippen molar-refractivity contribution in [3.63, 3.8) is 0 Å². The number of halogens is 30. The van der Waals surface area contributed by atoms with Crippen LogP contribution in [-0.4, -0.2) is 9.13 Å². The third kappa shape index (κ3) is 13.2. The molecule has 0 saturated carbocycles. The summed E-state index contributed by atoms with van der Waals surface area (Å²) in [7, 11) is 0. The van der Waals surface area contributed by atoms with E-state index in [9.17, 15) is 111 Å². The first-order chi connectivity index (χ1) is 47.8. The van der Waals surface area contributed by atoms with Crippen molar-refractivity contribution in [2.45, 2.75) is 61.8 Å². The van der Waals surface area contributed by atoms with Gasteiger partial charge in [-0.2, -0.15) is 137 Å². The van der Waals surface area contributed by atoms with Crippen LogP contribution in [0.2, 0.25) is 0 Å². The van der Waals surface area contributed by atoms with Crippen molar-refractivity contribution in [2.75, 3.05) is 0 Å². The van der Waals surface area contributed by atoms with Crippen LogP contribution in [0.5, 0.6) is 0 Å². The van der Waals surface area contributed by atoms with Gasteiger partial charge in [0.05, 0.1) is 94.6 Å². The van der Waals surface area contributed by atoms with Crippen LogP contribution in [0.15, 0.2) is 176 Å². The van der Waals surface area contributed by atoms with E-state index in [1.165, 1.54) is 0 Å². The van der Waals surface area contributed by atoms with Crippen LogP contribution in [0, 0.1) is 11.3 Å². The zero-order chi connectivity index (χ0) is 76.3. The number of rotatable bonds is 7. The van der Waals surface area contributed by atoms with E-state index in [4.69, 9.17) is 0 Å². The molecule has 0 spiro atoms. The summed E-state index contributed by atoms with van der Waals surface area (Å²) in [5.74, 6) is 0. The molecule has 3 nitrogen and oxygen atoms in total. The number of fused-ring (bicyclic) bond motifs is 6. The number of nitrogens with zero attached hydrogens (tertiary/aromatic N) is 3. The Balaban J connectivity index is 1.24. The fraction of sp³-hybridized carbons (Fsp3) is 0.141. The highest BCUT2D eigenvalue weighted by Gasteiger charge is 2.46. The molecule has 0 aliphatic rings. The maximum Gasteiger partial charge on any atom is 0.417 e. The highest BCUT2D eigenvalue weighted by Crippen LogP contribution is 2.53. The first-order valence-electron chi connectivity index (χ1n) is 29.0. The first-order valence-corrected chi connectivity index (χ1v) is 29.0. The van der Waals surface area contributed by atoms with E-state index in [0.29, 0.717) is 42.5 Å². The molecule has 2 aromatic heterocycles. The van der Waals surface area contributed by atoms with Crippen LogP contribution in [0.3, 0.4) is 0 Å². The van der Waals surface area contributed by atoms with Crippen molar-refractivity contribution < 1.29 is 132 Å². The normalized spacial score (nSPS) is 13.5. The molecule has 0 fully saturated rings. The summed E-state index contributed by atoms with van der Waals surface area (Å²) in [6.45, 7) is 0. The third-order valence-electron chi connectivity index (χ3n) is 17.0. The number of hydrogen-bond donors (Lipinski definition) is 0. The van der Waals surface area contributed by atoms with E-state index in [0.717, 1.165) is 81.9 Å². The quantitative estimate of drug-likeness (QED) is 0.146. The summed E-state index contributed by atoms with van der Waals surface area (Å²) in [6, 6.07) is 13.7. The molecule has 2 heterocycles. The van der Waals surface area contributed by atoms with Crippen molar-refractivity contribution >= 4 is 43.6 Å². The maximum absolute atomic E-state index is 15.8. The SMILES string of the molecule is N#Cc1cc(-n2c3ccc(-c4ccc(C(F)(F)F)cc4C(F)(F)F)cc3c3cc(-c4ccc(C(F)(F)F)cc4C(F)(F)F)ccc32)c(-c2c(C(F)(F)F)cccc2C(F)(F)F)cc1-n1c2ccc(-c3ccc(C(F)(F)F)cc3C(F)(F)F)cc2c2cc(-c3ccc(C(F)(F)F)cc3C(F)(F)F)ccc21. The summed E-state index contributed by atoms with van der Waals surface area (Å²) in [5.41, 5.74) is -34.7. The molecule has 0 saturated heterocycles. The van der Waals surface area contributed by atoms with Gasteiger partial charge in [0, 0.05) is 32.7 Å². The van der Waals surface area contributed by atoms with E-state index in [-0.39, 0.29) is 60.7 Å². The second kappa shape index (κ2) is 24.1. The minimum atomic E-state index is -5.89. The van der Waals surface area contributed by atoms with E-state index < -0.39 is 234 Å². The molecule has 12 aromatic rings. The van der Waals surface area contributed by atoms with Gasteiger partial charge in [-0.1, -0.05) is 54.6 Å². The lowest BCUT2D eigenvalue weighted by atomic mass is 9.90. The molecule has 33 heteroatoms. The Morgan fingerprint density at radius 3 is 0.712 bits per heavy atom. The highest BCUT2D eigenvalue weighted by molar-refractivity contribution is 6.14. The number of benzene rings is 10. The Labute approximate surface area is 560 Å². The molecule has 0 bridgehead atoms. The van der Waals surface area contributed by atoms with Gasteiger partial charge in [0.2, 0.25) is 0 Å². The Bertz CT molecular complexity index is 5230. The summed E-state index contributed by atoms with van der Waals surface area (Å²) in [5, 5.41) is 9.10. The lowest BCUT2D eigenvalue weighted by molar-refractivity contribution is -0.144. The van der Waals surface area contributed by atoms with Crippen LogP contribution in [0.4, 0.5) is 132 Å². The average Bonchev–Trinajstić information content (AvgIpc) is 1.52. The van der Waals surface area contributed by atoms with Crippen LogP contribution in [0.1, 0.15) is 61.2 Å². The van der Waals surface area contributed by atoms with E-state index in [2.05, 4.69) is 0 Å². The lowest BCUT2D eigenvalue weighted by Crippen LogP contribution is -2.15. The fourth-order valence-electron chi connectivity index (χ4n) is 12.6. The van der Waals surface area contributed by atoms with Gasteiger partial charge in [0.15, 0.2) is 0 Å². The molecular weight excluding hydrogens is 1460 g/mol. The fourth-order valence-corrected chi connectivity index (χ4v) is 12.6. The molecule has 104 heavy (non-hydrogen) atoms. The summed E-state index contributed by atoms with van der Waals surface area (Å²) >= 11 is 0. The highest BCUT2D eigenvalue weighted by atomic mass is 19.4. The Kier molecular flexibility index (Phi) is 16.9. The van der Waals surface area contributed by atoms with Gasteiger partial charge in [-0.05, 0) is 166 Å². The molecule has 0 aliphatic heterocycles. The molecule has 0 amide bonds. The summed E-state index contributed by atoms with van der Waals surface area (Å²) < 4.78 is 443. The first kappa shape index (κ1) is 73.0. The summed E-state index contributed by atoms with van der Waals surface area (Å²) in [4.78, 5) is 0. The van der Waals surface area contributed by atoms with Gasteiger partial charge in [-0.3, -0.25) is 0 Å². The predicted molar refractivity (Wildman–Crippen MR) is 317 cm³/mol. The summed E-state index contributed by atoms with van der Waals surface area (Å²) in [6.07, 6.45) is -56.0. The van der Waals surface area contributed by atoms with Crippen molar-refractivity contribution in [3.05, 3.63) is 237 Å². The number of hydrogen-bond acceptors (Lipinski definition) is 1. The Morgan fingerprint density at radius 2 is 0.481 bits per heavy atom. The van der Waals surface area contributed by atoms with Crippen molar-refractivity contribution in [1.29, 1.82) is 5.26 Å². The van der Waals surface area contributed by atoms with Crippen molar-refractivity contribution in [2.24, 2.45) is 0 Å². The number of alkyl halides is 30. The standard InChI is InChI=1S/C71H29F30N3/c72-62(73,74)36-8-12-40(51(25-36)68(90,91)92)31-4-16-55-44(20-31)45-21-32(41-13-9-37(63(75,76)77)26-52(41)69(93,94)95)5-17-56(45)103(55)59-29-48(61-49(66(84,85)86)2-1-3-50(61)67(87,88)89)60(24-35(59)30-102)104-57-18-6-33(42-14-10-38(64(78,79)80)27-53(42)70(96,97)98)22-46(57)47-23-34(7-19-58(47)104)43-15-11-39(65(81,82)83)28-54(43)71(99,100)101/h1-29H. The predicted octanol–water partition coefficient (Wildman–Crippen LogP) is 26.3. The van der Waals surface area contributed by atoms with Gasteiger partial charge in [0.1, 0.15) is 6.07 Å². The molecular formula is C71H29F30N3. The van der Waals surface area contributed by atoms with Crippen molar-refractivity contribution in [3.8, 4) is 73.1 Å². The number of nitriles is 1. The molecule has 0 aliphatic carbocycles. The minimum absolute atomic E-state index is 0.123. The van der Waals surface area contributed by atoms with Crippen LogP contribution in [-0.2, 0) is 61.8 Å². The van der Waals surface area contributed by atoms with E-state index in [1.807, 2.05) is 0 Å². The maximum atomic E-state index is 15.8. The average molecular weight is 1490 g/mol. The molecule has 0 radical (unpaired) electrons. The Morgan fingerprint density at radius 1 is 0.231 bits per heavy atom. The third-order valence-corrected chi connectivity index (χ3v) is 17.0. The zero-order valence-corrected chi connectivity index (χ0v) is 50.4. The minimum Gasteiger partial charge on any atom is -0.309 e. The second-order valence-corrected chi connectivity index (χ2v) is 23.3. The van der Waals surface area contributed by atoms with E-state index in [1.54, 1.807) is 6.07 Å². The lowest BCUT2D eigenvalue weighted by Gasteiger charge is -2.24. The van der Waals surface area contributed by atoms with Crippen LogP contribution in [0.25, 0.3) is 111 Å². The monoisotopic (exact) mass is 1490 g/mol. The second-order valence-electron chi connectivity index (χ2n) is 23.3. The molecule has 12 rings (SSSR count). The van der Waals surface area contributed by atoms with Gasteiger partial charge in [0.25, 0.3) is 0 Å². The molecule has 10 aromatic carbocycles. The molecule has 0 atom stereocenters. The zero-order valence-electron chi connectivity index (χ0n) is 50.4. The number of aromatic nitrogens is 2. The molecule has 538 valence electrons. The van der Waals surface area contributed by atoms with Gasteiger partial charge in [-0.15, -0.1) is 0 Å². The topological polar surface area (TPSA) is 33.6 Å². The Hall–Kier alpha value is -10.8. The van der Waals surface area contributed by atoms with Crippen LogP contribution < -0.4 is 0 Å². The van der Waals surface area contributed by atoms with Gasteiger partial charge >= 0.3 is 61.8 Å². The van der Waals surface area contributed by atoms with Gasteiger partial charge in [-0.25, -0.2) is 0 Å². The smallest absolute Gasteiger partial charge is 0.309 e. The van der Waals surface area contributed by atoms with Gasteiger partial charge < -0.3 is 9.13 Å².